The first kappa shape index (κ1) is 15.5. The molecule has 1 aliphatic rings. The summed E-state index contributed by atoms with van der Waals surface area (Å²) in [5.74, 6) is 1.95. The zero-order chi connectivity index (χ0) is 14.2. The molecule has 112 valence electrons. The number of thiol groups is 1. The quantitative estimate of drug-likeness (QED) is 0.615. The summed E-state index contributed by atoms with van der Waals surface area (Å²) in [6.45, 7) is 5.84. The lowest BCUT2D eigenvalue weighted by Gasteiger charge is -2.36. The van der Waals surface area contributed by atoms with Gasteiger partial charge in [-0.25, -0.2) is 0 Å². The molecule has 1 aliphatic heterocycles. The van der Waals surface area contributed by atoms with Gasteiger partial charge in [-0.2, -0.15) is 12.6 Å². The second-order valence-corrected chi connectivity index (χ2v) is 5.76. The first-order valence-corrected chi connectivity index (χ1v) is 8.19. The number of hydrogen-bond acceptors (Lipinski definition) is 4. The summed E-state index contributed by atoms with van der Waals surface area (Å²) in [4.78, 5) is 5.04. The minimum Gasteiger partial charge on any atom is -0.497 e. The summed E-state index contributed by atoms with van der Waals surface area (Å²) in [5, 5.41) is 0. The van der Waals surface area contributed by atoms with Crippen LogP contribution in [-0.2, 0) is 0 Å². The van der Waals surface area contributed by atoms with Crippen molar-refractivity contribution in [3.8, 4) is 5.75 Å². The molecule has 1 heterocycles. The van der Waals surface area contributed by atoms with E-state index in [-0.39, 0.29) is 0 Å². The molecule has 0 unspecified atom stereocenters. The fraction of sp³-hybridized carbons (Fsp3) is 0.625. The molecule has 0 spiro atoms. The highest BCUT2D eigenvalue weighted by atomic mass is 32.1. The first-order valence-electron chi connectivity index (χ1n) is 7.55. The van der Waals surface area contributed by atoms with E-state index in [2.05, 4.69) is 34.6 Å². The van der Waals surface area contributed by atoms with E-state index in [0.29, 0.717) is 0 Å². The van der Waals surface area contributed by atoms with Gasteiger partial charge in [-0.3, -0.25) is 4.90 Å². The Balaban J connectivity index is 1.73. The number of nitrogens with zero attached hydrogens (tertiary/aromatic N) is 2. The molecule has 0 aliphatic carbocycles. The van der Waals surface area contributed by atoms with Gasteiger partial charge in [-0.15, -0.1) is 0 Å². The number of unbranched alkanes of at least 4 members (excludes halogenated alkanes) is 2. The monoisotopic (exact) mass is 294 g/mol. The van der Waals surface area contributed by atoms with Crippen molar-refractivity contribution in [3.63, 3.8) is 0 Å². The number of benzene rings is 1. The van der Waals surface area contributed by atoms with Crippen molar-refractivity contribution in [3.05, 3.63) is 24.3 Å². The van der Waals surface area contributed by atoms with Crippen LogP contribution in [0.2, 0.25) is 0 Å². The molecule has 0 amide bonds. The maximum atomic E-state index is 5.21. The van der Waals surface area contributed by atoms with Crippen LogP contribution in [0.3, 0.4) is 0 Å². The van der Waals surface area contributed by atoms with Crippen molar-refractivity contribution in [2.45, 2.75) is 19.3 Å². The van der Waals surface area contributed by atoms with Gasteiger partial charge < -0.3 is 9.64 Å². The standard InChI is InChI=1S/C16H26N2OS/c1-19-16-7-5-15(6-8-16)18-12-10-17(11-13-18)9-3-2-4-14-20/h5-8,20H,2-4,9-14H2,1H3. The average molecular weight is 294 g/mol. The Morgan fingerprint density at radius 2 is 1.70 bits per heavy atom. The Morgan fingerprint density at radius 1 is 1.00 bits per heavy atom. The zero-order valence-electron chi connectivity index (χ0n) is 12.4. The number of anilines is 1. The molecule has 2 rings (SSSR count). The highest BCUT2D eigenvalue weighted by Gasteiger charge is 2.16. The van der Waals surface area contributed by atoms with Gasteiger partial charge >= 0.3 is 0 Å². The third-order valence-electron chi connectivity index (χ3n) is 3.94. The van der Waals surface area contributed by atoms with Crippen molar-refractivity contribution in [2.24, 2.45) is 0 Å². The highest BCUT2D eigenvalue weighted by molar-refractivity contribution is 7.80. The molecule has 1 aromatic carbocycles. The van der Waals surface area contributed by atoms with Crippen LogP contribution in [0, 0.1) is 0 Å². The Morgan fingerprint density at radius 3 is 2.30 bits per heavy atom. The molecule has 0 bridgehead atoms. The normalized spacial score (nSPS) is 16.4. The Labute approximate surface area is 128 Å². The molecule has 0 radical (unpaired) electrons. The van der Waals surface area contributed by atoms with Gasteiger partial charge in [-0.05, 0) is 49.4 Å². The summed E-state index contributed by atoms with van der Waals surface area (Å²) in [6.07, 6.45) is 3.86. The van der Waals surface area contributed by atoms with E-state index in [0.717, 1.165) is 24.6 Å². The largest absolute Gasteiger partial charge is 0.497 e. The molecular formula is C16H26N2OS. The van der Waals surface area contributed by atoms with Gasteiger partial charge in [0.25, 0.3) is 0 Å². The lowest BCUT2D eigenvalue weighted by atomic mass is 10.2. The van der Waals surface area contributed by atoms with Gasteiger partial charge in [0.2, 0.25) is 0 Å². The van der Waals surface area contributed by atoms with E-state index in [9.17, 15) is 0 Å². The molecule has 1 aromatic rings. The van der Waals surface area contributed by atoms with Crippen LogP contribution in [0.4, 0.5) is 5.69 Å². The maximum Gasteiger partial charge on any atom is 0.119 e. The van der Waals surface area contributed by atoms with Crippen LogP contribution < -0.4 is 9.64 Å². The molecule has 0 aromatic heterocycles. The van der Waals surface area contributed by atoms with Crippen LogP contribution in [-0.4, -0.2) is 50.5 Å². The van der Waals surface area contributed by atoms with Gasteiger partial charge in [0.1, 0.15) is 5.75 Å². The van der Waals surface area contributed by atoms with Crippen LogP contribution in [0.25, 0.3) is 0 Å². The minimum atomic E-state index is 0.927. The summed E-state index contributed by atoms with van der Waals surface area (Å²) in [6, 6.07) is 8.39. The van der Waals surface area contributed by atoms with E-state index in [1.165, 1.54) is 44.6 Å². The Hall–Kier alpha value is -0.870. The van der Waals surface area contributed by atoms with Crippen molar-refractivity contribution < 1.29 is 4.74 Å². The molecular weight excluding hydrogens is 268 g/mol. The summed E-state index contributed by atoms with van der Waals surface area (Å²) >= 11 is 4.26. The number of ether oxygens (including phenoxy) is 1. The molecule has 0 N–H and O–H groups in total. The second kappa shape index (κ2) is 8.42. The predicted octanol–water partition coefficient (Wildman–Crippen LogP) is 2.92. The molecule has 20 heavy (non-hydrogen) atoms. The predicted molar refractivity (Wildman–Crippen MR) is 89.4 cm³/mol. The molecule has 3 nitrogen and oxygen atoms in total. The zero-order valence-corrected chi connectivity index (χ0v) is 13.3. The summed E-state index contributed by atoms with van der Waals surface area (Å²) < 4.78 is 5.21. The number of hydrogen-bond donors (Lipinski definition) is 1. The first-order chi connectivity index (χ1) is 9.83. The fourth-order valence-electron chi connectivity index (χ4n) is 2.65. The van der Waals surface area contributed by atoms with E-state index < -0.39 is 0 Å². The fourth-order valence-corrected chi connectivity index (χ4v) is 2.87. The third kappa shape index (κ3) is 4.60. The van der Waals surface area contributed by atoms with Gasteiger partial charge in [0, 0.05) is 31.9 Å². The Bertz CT molecular complexity index is 375. The lowest BCUT2D eigenvalue weighted by molar-refractivity contribution is 0.253. The minimum absolute atomic E-state index is 0.927. The van der Waals surface area contributed by atoms with Crippen LogP contribution >= 0.6 is 12.6 Å². The van der Waals surface area contributed by atoms with Gasteiger partial charge in [-0.1, -0.05) is 6.42 Å². The van der Waals surface area contributed by atoms with E-state index in [1.54, 1.807) is 7.11 Å². The molecule has 0 saturated carbocycles. The SMILES string of the molecule is COc1ccc(N2CCN(CCCCCS)CC2)cc1. The Kier molecular flexibility index (Phi) is 6.54. The number of piperazine rings is 1. The smallest absolute Gasteiger partial charge is 0.119 e. The van der Waals surface area contributed by atoms with Crippen LogP contribution in [0.15, 0.2) is 24.3 Å². The van der Waals surface area contributed by atoms with Crippen molar-refractivity contribution in [2.75, 3.05) is 50.5 Å². The van der Waals surface area contributed by atoms with Gasteiger partial charge in [0.15, 0.2) is 0 Å². The third-order valence-corrected chi connectivity index (χ3v) is 4.26. The number of rotatable bonds is 7. The topological polar surface area (TPSA) is 15.7 Å². The van der Waals surface area contributed by atoms with Gasteiger partial charge in [0.05, 0.1) is 7.11 Å². The molecule has 1 fully saturated rings. The van der Waals surface area contributed by atoms with Crippen LogP contribution in [0.1, 0.15) is 19.3 Å². The maximum absolute atomic E-state index is 5.21. The summed E-state index contributed by atoms with van der Waals surface area (Å²) in [7, 11) is 1.71. The van der Waals surface area contributed by atoms with Crippen LogP contribution in [0.5, 0.6) is 5.75 Å². The van der Waals surface area contributed by atoms with E-state index in [4.69, 9.17) is 4.74 Å². The van der Waals surface area contributed by atoms with E-state index >= 15 is 0 Å². The van der Waals surface area contributed by atoms with Crippen molar-refractivity contribution >= 4 is 18.3 Å². The average Bonchev–Trinajstić information content (AvgIpc) is 2.52. The number of methoxy groups -OCH3 is 1. The van der Waals surface area contributed by atoms with Crippen molar-refractivity contribution in [1.82, 2.24) is 4.90 Å². The molecule has 1 saturated heterocycles. The second-order valence-electron chi connectivity index (χ2n) is 5.31. The highest BCUT2D eigenvalue weighted by Crippen LogP contribution is 2.20. The summed E-state index contributed by atoms with van der Waals surface area (Å²) in [5.41, 5.74) is 1.31. The molecule has 0 atom stereocenters. The van der Waals surface area contributed by atoms with Crippen molar-refractivity contribution in [1.29, 1.82) is 0 Å². The molecule has 4 heteroatoms. The lowest BCUT2D eigenvalue weighted by Crippen LogP contribution is -2.46. The van der Waals surface area contributed by atoms with E-state index in [1.807, 2.05) is 12.1 Å².